The molecule has 0 radical (unpaired) electrons. The molecule has 1 heterocycles. The lowest BCUT2D eigenvalue weighted by atomic mass is 9.84. The molecule has 0 saturated heterocycles. The van der Waals surface area contributed by atoms with Crippen LogP contribution < -0.4 is 16.1 Å². The van der Waals surface area contributed by atoms with Crippen LogP contribution in [0.3, 0.4) is 0 Å². The van der Waals surface area contributed by atoms with E-state index in [4.69, 9.17) is 4.74 Å². The summed E-state index contributed by atoms with van der Waals surface area (Å²) in [5.74, 6) is -2.57. The molecule has 2 aromatic rings. The second-order valence-corrected chi connectivity index (χ2v) is 9.86. The van der Waals surface area contributed by atoms with Gasteiger partial charge in [-0.05, 0) is 23.8 Å². The highest BCUT2D eigenvalue weighted by atomic mass is 16.5. The molecule has 4 N–H and O–H groups in total. The molecule has 1 aromatic carbocycles. The van der Waals surface area contributed by atoms with E-state index in [1.165, 1.54) is 7.05 Å². The summed E-state index contributed by atoms with van der Waals surface area (Å²) in [5, 5.41) is 15.7. The number of hydroxylamine groups is 1. The number of carbonyl (C=O) groups is 3. The molecule has 0 unspecified atom stereocenters. The lowest BCUT2D eigenvalue weighted by molar-refractivity contribution is -0.153. The fourth-order valence-corrected chi connectivity index (χ4v) is 3.85. The van der Waals surface area contributed by atoms with Gasteiger partial charge in [-0.1, -0.05) is 58.9 Å². The van der Waals surface area contributed by atoms with E-state index in [1.807, 2.05) is 65.0 Å². The molecule has 9 heteroatoms. The van der Waals surface area contributed by atoms with Crippen LogP contribution in [0, 0.1) is 17.3 Å². The summed E-state index contributed by atoms with van der Waals surface area (Å²) >= 11 is 0. The maximum atomic E-state index is 13.4. The van der Waals surface area contributed by atoms with Crippen molar-refractivity contribution in [2.75, 3.05) is 7.05 Å². The van der Waals surface area contributed by atoms with Gasteiger partial charge in [0.05, 0.1) is 18.0 Å². The molecule has 34 heavy (non-hydrogen) atoms. The molecular formula is C25H36N4O5. The molecule has 0 saturated carbocycles. The SMILES string of the molecule is CNC(=O)[C@@H](NC(=O)[C@H](CC(C)C)[C@H](OCc1cccc2cccnc12)C(=O)NO)C(C)(C)C. The van der Waals surface area contributed by atoms with E-state index in [-0.39, 0.29) is 18.4 Å². The molecule has 186 valence electrons. The second-order valence-electron chi connectivity index (χ2n) is 9.86. The van der Waals surface area contributed by atoms with Gasteiger partial charge < -0.3 is 15.4 Å². The molecular weight excluding hydrogens is 436 g/mol. The van der Waals surface area contributed by atoms with Crippen LogP contribution in [0.5, 0.6) is 0 Å². The largest absolute Gasteiger partial charge is 0.363 e. The number of para-hydroxylation sites is 1. The average molecular weight is 473 g/mol. The number of fused-ring (bicyclic) bond motifs is 1. The number of aromatic nitrogens is 1. The number of rotatable bonds is 10. The van der Waals surface area contributed by atoms with Crippen LogP contribution in [-0.2, 0) is 25.7 Å². The number of amides is 3. The summed E-state index contributed by atoms with van der Waals surface area (Å²) < 4.78 is 5.95. The molecule has 3 atom stereocenters. The molecule has 3 amide bonds. The van der Waals surface area contributed by atoms with Crippen molar-refractivity contribution in [3.05, 3.63) is 42.1 Å². The monoisotopic (exact) mass is 472 g/mol. The summed E-state index contributed by atoms with van der Waals surface area (Å²) in [6.45, 7) is 9.36. The van der Waals surface area contributed by atoms with Crippen LogP contribution in [-0.4, -0.2) is 47.1 Å². The minimum Gasteiger partial charge on any atom is -0.363 e. The summed E-state index contributed by atoms with van der Waals surface area (Å²) in [7, 11) is 1.50. The number of hydrogen-bond acceptors (Lipinski definition) is 6. The van der Waals surface area contributed by atoms with Gasteiger partial charge in [0.2, 0.25) is 11.8 Å². The number of ether oxygens (including phenoxy) is 1. The Balaban J connectivity index is 2.35. The van der Waals surface area contributed by atoms with Gasteiger partial charge in [-0.2, -0.15) is 0 Å². The van der Waals surface area contributed by atoms with Crippen molar-refractivity contribution in [1.29, 1.82) is 0 Å². The zero-order valence-corrected chi connectivity index (χ0v) is 20.7. The van der Waals surface area contributed by atoms with Crippen LogP contribution in [0.15, 0.2) is 36.5 Å². The number of nitrogens with one attached hydrogen (secondary N) is 3. The molecule has 0 spiro atoms. The molecule has 1 aromatic heterocycles. The molecule has 0 aliphatic rings. The Morgan fingerprint density at radius 1 is 1.06 bits per heavy atom. The topological polar surface area (TPSA) is 130 Å². The first-order chi connectivity index (χ1) is 16.0. The number of hydrogen-bond donors (Lipinski definition) is 4. The Kier molecular flexibility index (Phi) is 9.52. The highest BCUT2D eigenvalue weighted by Crippen LogP contribution is 2.25. The number of benzene rings is 1. The van der Waals surface area contributed by atoms with Gasteiger partial charge in [-0.25, -0.2) is 5.48 Å². The van der Waals surface area contributed by atoms with E-state index >= 15 is 0 Å². The van der Waals surface area contributed by atoms with E-state index in [9.17, 15) is 19.6 Å². The number of nitrogens with zero attached hydrogens (tertiary/aromatic N) is 1. The van der Waals surface area contributed by atoms with E-state index in [2.05, 4.69) is 15.6 Å². The van der Waals surface area contributed by atoms with E-state index in [0.717, 1.165) is 16.5 Å². The van der Waals surface area contributed by atoms with Gasteiger partial charge >= 0.3 is 0 Å². The first kappa shape index (κ1) is 27.2. The molecule has 2 rings (SSSR count). The molecule has 0 fully saturated rings. The van der Waals surface area contributed by atoms with Crippen molar-refractivity contribution < 1.29 is 24.3 Å². The smallest absolute Gasteiger partial charge is 0.273 e. The third-order valence-electron chi connectivity index (χ3n) is 5.59. The van der Waals surface area contributed by atoms with Crippen LogP contribution in [0.25, 0.3) is 10.9 Å². The quantitative estimate of drug-likeness (QED) is 0.311. The van der Waals surface area contributed by atoms with Crippen molar-refractivity contribution in [1.82, 2.24) is 21.1 Å². The lowest BCUT2D eigenvalue weighted by Crippen LogP contribution is -2.56. The average Bonchev–Trinajstić information content (AvgIpc) is 2.80. The first-order valence-corrected chi connectivity index (χ1v) is 11.4. The predicted molar refractivity (Wildman–Crippen MR) is 129 cm³/mol. The van der Waals surface area contributed by atoms with Gasteiger partial charge in [0.1, 0.15) is 12.1 Å². The Morgan fingerprint density at radius 3 is 2.32 bits per heavy atom. The van der Waals surface area contributed by atoms with Crippen molar-refractivity contribution in [3.8, 4) is 0 Å². The zero-order valence-electron chi connectivity index (χ0n) is 20.7. The molecule has 0 bridgehead atoms. The van der Waals surface area contributed by atoms with Gasteiger partial charge in [0.25, 0.3) is 5.91 Å². The van der Waals surface area contributed by atoms with Crippen molar-refractivity contribution in [2.45, 2.75) is 59.8 Å². The Labute approximate surface area is 200 Å². The van der Waals surface area contributed by atoms with Crippen LogP contribution in [0.2, 0.25) is 0 Å². The summed E-state index contributed by atoms with van der Waals surface area (Å²) in [4.78, 5) is 42.9. The summed E-state index contributed by atoms with van der Waals surface area (Å²) in [6, 6.07) is 8.55. The van der Waals surface area contributed by atoms with Crippen molar-refractivity contribution in [3.63, 3.8) is 0 Å². The standard InChI is InChI=1S/C25H36N4O5/c1-15(2)13-18(22(30)28-21(24(32)26-6)25(3,4)5)20(23(31)29-33)34-14-17-10-7-9-16-11-8-12-27-19(16)17/h7-12,15,18,20-21,33H,13-14H2,1-6H3,(H,26,32)(H,28,30)(H,29,31)/t18-,20+,21-/m1/s1. The number of carbonyl (C=O) groups excluding carboxylic acids is 3. The van der Waals surface area contributed by atoms with E-state index < -0.39 is 35.3 Å². The Bertz CT molecular complexity index is 997. The van der Waals surface area contributed by atoms with Gasteiger partial charge in [0, 0.05) is 24.2 Å². The maximum Gasteiger partial charge on any atom is 0.273 e. The third kappa shape index (κ3) is 6.98. The van der Waals surface area contributed by atoms with Crippen LogP contribution >= 0.6 is 0 Å². The third-order valence-corrected chi connectivity index (χ3v) is 5.59. The van der Waals surface area contributed by atoms with Crippen molar-refractivity contribution in [2.24, 2.45) is 17.3 Å². The van der Waals surface area contributed by atoms with Crippen LogP contribution in [0.1, 0.15) is 46.6 Å². The first-order valence-electron chi connectivity index (χ1n) is 11.4. The summed E-state index contributed by atoms with van der Waals surface area (Å²) in [6.07, 6.45) is 0.698. The molecule has 0 aliphatic carbocycles. The summed E-state index contributed by atoms with van der Waals surface area (Å²) in [5.41, 5.74) is 2.53. The minimum absolute atomic E-state index is 0.00641. The maximum absolute atomic E-state index is 13.4. The van der Waals surface area contributed by atoms with Crippen molar-refractivity contribution >= 4 is 28.6 Å². The van der Waals surface area contributed by atoms with Gasteiger partial charge in [-0.15, -0.1) is 0 Å². The van der Waals surface area contributed by atoms with Gasteiger partial charge in [0.15, 0.2) is 0 Å². The van der Waals surface area contributed by atoms with E-state index in [1.54, 1.807) is 11.7 Å². The fraction of sp³-hybridized carbons (Fsp3) is 0.520. The number of pyridine rings is 1. The van der Waals surface area contributed by atoms with Gasteiger partial charge in [-0.3, -0.25) is 24.6 Å². The highest BCUT2D eigenvalue weighted by molar-refractivity contribution is 5.92. The normalized spacial score (nSPS) is 14.4. The molecule has 9 nitrogen and oxygen atoms in total. The number of likely N-dealkylation sites (N-methyl/N-ethyl adjacent to an activating group) is 1. The highest BCUT2D eigenvalue weighted by Gasteiger charge is 2.39. The predicted octanol–water partition coefficient (Wildman–Crippen LogP) is 2.56. The van der Waals surface area contributed by atoms with E-state index in [0.29, 0.717) is 6.42 Å². The Morgan fingerprint density at radius 2 is 1.74 bits per heavy atom. The zero-order chi connectivity index (χ0) is 25.5. The lowest BCUT2D eigenvalue weighted by Gasteiger charge is -2.33. The molecule has 0 aliphatic heterocycles. The fourth-order valence-electron chi connectivity index (χ4n) is 3.85. The minimum atomic E-state index is -1.28. The second kappa shape index (κ2) is 11.9. The van der Waals surface area contributed by atoms with Crippen LogP contribution in [0.4, 0.5) is 0 Å². The Hall–Kier alpha value is -3.04.